The summed E-state index contributed by atoms with van der Waals surface area (Å²) in [5.41, 5.74) is 6.37. The number of H-pyrrole nitrogens is 1. The van der Waals surface area contributed by atoms with E-state index in [1.807, 2.05) is 55.5 Å². The molecule has 0 atom stereocenters. The molecule has 0 aliphatic heterocycles. The number of aromatic nitrogens is 2. The summed E-state index contributed by atoms with van der Waals surface area (Å²) in [5, 5.41) is 5.99. The average molecular weight is 727 g/mol. The van der Waals surface area contributed by atoms with E-state index in [1.165, 1.54) is 0 Å². The fourth-order valence-electron chi connectivity index (χ4n) is 4.44. The maximum Gasteiger partial charge on any atom is 0.255 e. The molecule has 1 heterocycles. The molecule has 7 nitrogen and oxygen atoms in total. The van der Waals surface area contributed by atoms with E-state index in [0.717, 1.165) is 39.3 Å². The lowest BCUT2D eigenvalue weighted by atomic mass is 10.1. The van der Waals surface area contributed by atoms with Crippen LogP contribution in [0.1, 0.15) is 22.3 Å². The first kappa shape index (κ1) is 31.5. The monoisotopic (exact) mass is 725 g/mol. The van der Waals surface area contributed by atoms with Crippen molar-refractivity contribution in [2.24, 2.45) is 0 Å². The largest absolute Gasteiger partial charge is 0.369 e. The highest BCUT2D eigenvalue weighted by Crippen LogP contribution is 2.49. The van der Waals surface area contributed by atoms with Crippen molar-refractivity contribution in [3.05, 3.63) is 71.8 Å². The standard InChI is InChI=1S/C30H34Cl2IN5O2S/c1-20-17-24(8-10-27(20)38(14-12-31)15-13-32)35-30(40)22-7-9-25-26(19-22)37-29(36-25)21-5-4-6-23(18-21)34-28(39)11-16-41(2,3)33/h4-10,17-19H,11-16H2,1-3H3,(H,34,39)(H,35,40)(H,36,37). The van der Waals surface area contributed by atoms with Crippen LogP contribution in [0.15, 0.2) is 60.7 Å². The van der Waals surface area contributed by atoms with Gasteiger partial charge >= 0.3 is 0 Å². The number of hydrogen-bond acceptors (Lipinski definition) is 4. The zero-order chi connectivity index (χ0) is 29.6. The Morgan fingerprint density at radius 3 is 2.39 bits per heavy atom. The quantitative estimate of drug-likeness (QED) is 0.103. The van der Waals surface area contributed by atoms with Gasteiger partial charge in [-0.25, -0.2) is 4.98 Å². The average Bonchev–Trinajstić information content (AvgIpc) is 3.35. The fraction of sp³-hybridized carbons (Fsp3) is 0.300. The highest BCUT2D eigenvalue weighted by atomic mass is 127. The number of halogens is 3. The molecule has 41 heavy (non-hydrogen) atoms. The molecule has 0 spiro atoms. The summed E-state index contributed by atoms with van der Waals surface area (Å²) >= 11 is 14.4. The van der Waals surface area contributed by atoms with Crippen LogP contribution in [-0.4, -0.2) is 64.9 Å². The highest BCUT2D eigenvalue weighted by Gasteiger charge is 2.14. The number of carbonyl (C=O) groups excluding carboxylic acids is 2. The van der Waals surface area contributed by atoms with Gasteiger partial charge in [-0.05, 0) is 100 Å². The number of nitrogens with zero attached hydrogens (tertiary/aromatic N) is 2. The third-order valence-electron chi connectivity index (χ3n) is 6.48. The molecule has 0 unspecified atom stereocenters. The summed E-state index contributed by atoms with van der Waals surface area (Å²) < 4.78 is 0. The van der Waals surface area contributed by atoms with E-state index in [9.17, 15) is 9.59 Å². The molecule has 4 rings (SSSR count). The summed E-state index contributed by atoms with van der Waals surface area (Å²) in [6.07, 6.45) is 4.88. The summed E-state index contributed by atoms with van der Waals surface area (Å²) in [6, 6.07) is 18.8. The van der Waals surface area contributed by atoms with Gasteiger partial charge in [0.15, 0.2) is 0 Å². The van der Waals surface area contributed by atoms with E-state index in [4.69, 9.17) is 28.2 Å². The number of aryl methyl sites for hydroxylation is 1. The Morgan fingerprint density at radius 2 is 1.71 bits per heavy atom. The third kappa shape index (κ3) is 8.76. The Hall–Kier alpha value is -2.47. The molecule has 2 amide bonds. The number of aromatic amines is 1. The third-order valence-corrected chi connectivity index (χ3v) is 9.32. The van der Waals surface area contributed by atoms with Gasteiger partial charge in [0.25, 0.3) is 5.91 Å². The molecule has 0 fully saturated rings. The lowest BCUT2D eigenvalue weighted by molar-refractivity contribution is -0.115. The summed E-state index contributed by atoms with van der Waals surface area (Å²) in [4.78, 5) is 35.7. The van der Waals surface area contributed by atoms with Crippen LogP contribution in [0, 0.1) is 6.92 Å². The van der Waals surface area contributed by atoms with Crippen molar-refractivity contribution in [2.75, 3.05) is 58.6 Å². The molecule has 0 radical (unpaired) electrons. The molecule has 3 N–H and O–H groups in total. The number of alkyl halides is 2. The molecular formula is C30H34Cl2IN5O2S. The predicted octanol–water partition coefficient (Wildman–Crippen LogP) is 7.82. The number of imidazole rings is 1. The summed E-state index contributed by atoms with van der Waals surface area (Å²) in [6.45, 7) is 3.40. The smallest absolute Gasteiger partial charge is 0.255 e. The molecule has 4 aromatic rings. The lowest BCUT2D eigenvalue weighted by Crippen LogP contribution is -2.28. The minimum atomic E-state index is -0.760. The van der Waals surface area contributed by atoms with Crippen LogP contribution >= 0.6 is 51.6 Å². The summed E-state index contributed by atoms with van der Waals surface area (Å²) in [5.74, 6) is 2.35. The van der Waals surface area contributed by atoms with Crippen LogP contribution in [0.4, 0.5) is 17.1 Å². The molecule has 1 aromatic heterocycles. The van der Waals surface area contributed by atoms with Gasteiger partial charge < -0.3 is 20.5 Å². The van der Waals surface area contributed by atoms with Crippen molar-refractivity contribution in [3.8, 4) is 11.4 Å². The topological polar surface area (TPSA) is 90.1 Å². The van der Waals surface area contributed by atoms with Gasteiger partial charge in [0.2, 0.25) is 5.91 Å². The van der Waals surface area contributed by atoms with Crippen LogP contribution in [0.2, 0.25) is 0 Å². The lowest BCUT2D eigenvalue weighted by Gasteiger charge is -2.25. The second-order valence-corrected chi connectivity index (χ2v) is 21.2. The number of nitrogens with one attached hydrogen (secondary N) is 3. The number of anilines is 3. The molecule has 0 aliphatic carbocycles. The number of hydrogen-bond donors (Lipinski definition) is 3. The SMILES string of the molecule is Cc1cc(NC(=O)c2ccc3nc(-c4cccc(NC(=O)CCS(C)(C)I)c4)[nH]c3c2)ccc1N(CCCl)CCCl. The number of rotatable bonds is 12. The normalized spacial score (nSPS) is 11.9. The molecule has 11 heteroatoms. The first-order valence-electron chi connectivity index (χ1n) is 13.2. The van der Waals surface area contributed by atoms with E-state index in [2.05, 4.69) is 54.2 Å². The van der Waals surface area contributed by atoms with E-state index < -0.39 is 7.20 Å². The first-order valence-corrected chi connectivity index (χ1v) is 19.4. The van der Waals surface area contributed by atoms with Crippen molar-refractivity contribution in [2.45, 2.75) is 13.3 Å². The Bertz CT molecular complexity index is 1530. The second-order valence-electron chi connectivity index (χ2n) is 10.1. The maximum absolute atomic E-state index is 13.1. The van der Waals surface area contributed by atoms with Crippen LogP contribution in [0.25, 0.3) is 22.4 Å². The van der Waals surface area contributed by atoms with Gasteiger partial charge in [-0.15, -0.1) is 23.2 Å². The zero-order valence-electron chi connectivity index (χ0n) is 23.3. The van der Waals surface area contributed by atoms with Gasteiger partial charge in [0.05, 0.1) is 11.0 Å². The second kappa shape index (κ2) is 14.1. The van der Waals surface area contributed by atoms with Crippen molar-refractivity contribution in [1.82, 2.24) is 9.97 Å². The van der Waals surface area contributed by atoms with Crippen LogP contribution < -0.4 is 15.5 Å². The maximum atomic E-state index is 13.1. The molecule has 0 aliphatic rings. The van der Waals surface area contributed by atoms with Gasteiger partial charge in [-0.1, -0.05) is 12.1 Å². The molecular weight excluding hydrogens is 692 g/mol. The van der Waals surface area contributed by atoms with Crippen molar-refractivity contribution in [1.29, 1.82) is 0 Å². The van der Waals surface area contributed by atoms with Crippen molar-refractivity contribution in [3.63, 3.8) is 0 Å². The molecule has 218 valence electrons. The Balaban J connectivity index is 1.47. The van der Waals surface area contributed by atoms with Crippen molar-refractivity contribution >= 4 is 91.5 Å². The first-order chi connectivity index (χ1) is 19.6. The van der Waals surface area contributed by atoms with E-state index in [1.54, 1.807) is 12.1 Å². The van der Waals surface area contributed by atoms with Crippen LogP contribution in [0.3, 0.4) is 0 Å². The van der Waals surface area contributed by atoms with Crippen LogP contribution in [-0.2, 0) is 4.79 Å². The van der Waals surface area contributed by atoms with Gasteiger partial charge in [-0.2, -0.15) is 7.20 Å². The molecule has 0 saturated heterocycles. The van der Waals surface area contributed by atoms with E-state index in [-0.39, 0.29) is 11.8 Å². The minimum absolute atomic E-state index is 0.00679. The number of amides is 2. The van der Waals surface area contributed by atoms with Gasteiger partial charge in [0, 0.05) is 59.5 Å². The Kier molecular flexibility index (Phi) is 10.8. The van der Waals surface area contributed by atoms with E-state index in [0.29, 0.717) is 48.3 Å². The van der Waals surface area contributed by atoms with Crippen LogP contribution in [0.5, 0.6) is 0 Å². The molecule has 0 saturated carbocycles. The predicted molar refractivity (Wildman–Crippen MR) is 186 cm³/mol. The number of carbonyl (C=O) groups is 2. The zero-order valence-corrected chi connectivity index (χ0v) is 27.8. The number of fused-ring (bicyclic) bond motifs is 1. The fourth-order valence-corrected chi connectivity index (χ4v) is 6.18. The Morgan fingerprint density at radius 1 is 0.976 bits per heavy atom. The summed E-state index contributed by atoms with van der Waals surface area (Å²) in [7, 11) is -0.760. The van der Waals surface area contributed by atoms with E-state index >= 15 is 0 Å². The van der Waals surface area contributed by atoms with Gasteiger partial charge in [0.1, 0.15) is 5.82 Å². The Labute approximate surface area is 264 Å². The van der Waals surface area contributed by atoms with Crippen molar-refractivity contribution < 1.29 is 9.59 Å². The number of benzene rings is 3. The minimum Gasteiger partial charge on any atom is -0.369 e. The van der Waals surface area contributed by atoms with Gasteiger partial charge in [-0.3, -0.25) is 9.59 Å². The molecule has 0 bridgehead atoms. The highest BCUT2D eigenvalue weighted by molar-refractivity contribution is 14.2. The molecule has 3 aromatic carbocycles.